The van der Waals surface area contributed by atoms with Crippen LogP contribution in [0.5, 0.6) is 0 Å². The summed E-state index contributed by atoms with van der Waals surface area (Å²) in [4.78, 5) is 0. The molecule has 0 amide bonds. The van der Waals surface area contributed by atoms with E-state index in [2.05, 4.69) is 118 Å². The van der Waals surface area contributed by atoms with Crippen molar-refractivity contribution >= 4 is 11.4 Å². The average Bonchev–Trinajstić information content (AvgIpc) is 2.80. The van der Waals surface area contributed by atoms with E-state index in [1.165, 1.54) is 38.9 Å². The number of nitrogens with two attached hydrogens (primary N) is 2. The van der Waals surface area contributed by atoms with Crippen LogP contribution in [0.15, 0.2) is 48.5 Å². The number of anilines is 2. The molecule has 0 aliphatic rings. The molecule has 0 saturated heterocycles. The molecule has 3 aromatic rings. The van der Waals surface area contributed by atoms with E-state index in [1.807, 2.05) is 0 Å². The SMILES string of the molecule is CCc1cc(C(C)(C)c2ccc(C(C)(C)c3cc(C(C)C)c(N)c(C(C)C)c3)cc2)cc(C)c1N. The molecule has 0 heterocycles. The van der Waals surface area contributed by atoms with Crippen LogP contribution in [-0.2, 0) is 17.3 Å². The second-order valence-corrected chi connectivity index (χ2v) is 11.9. The van der Waals surface area contributed by atoms with Gasteiger partial charge in [0.1, 0.15) is 0 Å². The number of aryl methyl sites for hydroxylation is 2. The molecule has 188 valence electrons. The minimum Gasteiger partial charge on any atom is -0.398 e. The molecule has 3 aromatic carbocycles. The van der Waals surface area contributed by atoms with E-state index in [0.717, 1.165) is 23.4 Å². The topological polar surface area (TPSA) is 52.0 Å². The number of hydrogen-bond acceptors (Lipinski definition) is 2. The standard InChI is InChI=1S/C33H46N2/c1-11-23-17-26(16-22(6)30(23)34)32(7,8)24-12-14-25(15-13-24)33(9,10)27-18-28(20(2)3)31(35)29(19-27)21(4)5/h12-21H,11,34-35H2,1-10H3. The zero-order valence-electron chi connectivity index (χ0n) is 23.6. The quantitative estimate of drug-likeness (QED) is 0.340. The summed E-state index contributed by atoms with van der Waals surface area (Å²) in [6, 6.07) is 18.4. The summed E-state index contributed by atoms with van der Waals surface area (Å²) in [7, 11) is 0. The molecule has 0 saturated carbocycles. The third-order valence-corrected chi connectivity index (χ3v) is 8.11. The fraction of sp³-hybridized carbons (Fsp3) is 0.455. The van der Waals surface area contributed by atoms with Crippen molar-refractivity contribution in [2.75, 3.05) is 11.5 Å². The molecular formula is C33H46N2. The van der Waals surface area contributed by atoms with Gasteiger partial charge in [-0.1, -0.05) is 111 Å². The lowest BCUT2D eigenvalue weighted by Crippen LogP contribution is -2.23. The van der Waals surface area contributed by atoms with Gasteiger partial charge in [-0.25, -0.2) is 0 Å². The Morgan fingerprint density at radius 1 is 0.629 bits per heavy atom. The van der Waals surface area contributed by atoms with Crippen LogP contribution in [-0.4, -0.2) is 0 Å². The molecule has 3 rings (SSSR count). The Balaban J connectivity index is 2.04. The normalized spacial score (nSPS) is 12.6. The highest BCUT2D eigenvalue weighted by atomic mass is 14.6. The molecule has 2 nitrogen and oxygen atoms in total. The van der Waals surface area contributed by atoms with Crippen LogP contribution in [0.4, 0.5) is 11.4 Å². The first-order valence-corrected chi connectivity index (χ1v) is 13.2. The zero-order chi connectivity index (χ0) is 26.3. The Kier molecular flexibility index (Phi) is 7.46. The molecule has 0 radical (unpaired) electrons. The van der Waals surface area contributed by atoms with Crippen LogP contribution in [0.25, 0.3) is 0 Å². The van der Waals surface area contributed by atoms with Gasteiger partial charge < -0.3 is 11.5 Å². The summed E-state index contributed by atoms with van der Waals surface area (Å²) in [6.45, 7) is 22.5. The minimum absolute atomic E-state index is 0.109. The first kappa shape index (κ1) is 26.9. The first-order valence-electron chi connectivity index (χ1n) is 13.2. The predicted molar refractivity (Wildman–Crippen MR) is 155 cm³/mol. The molecule has 2 heteroatoms. The van der Waals surface area contributed by atoms with Crippen LogP contribution < -0.4 is 11.5 Å². The number of nitrogen functional groups attached to an aromatic ring is 2. The largest absolute Gasteiger partial charge is 0.398 e. The summed E-state index contributed by atoms with van der Waals surface area (Å²) in [5, 5.41) is 0. The first-order chi connectivity index (χ1) is 16.2. The van der Waals surface area contributed by atoms with Crippen LogP contribution in [0.2, 0.25) is 0 Å². The Hall–Kier alpha value is -2.74. The van der Waals surface area contributed by atoms with Crippen molar-refractivity contribution in [2.24, 2.45) is 0 Å². The Morgan fingerprint density at radius 3 is 1.40 bits per heavy atom. The van der Waals surface area contributed by atoms with E-state index >= 15 is 0 Å². The van der Waals surface area contributed by atoms with E-state index in [0.29, 0.717) is 11.8 Å². The van der Waals surface area contributed by atoms with Crippen molar-refractivity contribution in [3.05, 3.63) is 93.0 Å². The van der Waals surface area contributed by atoms with Crippen molar-refractivity contribution < 1.29 is 0 Å². The maximum atomic E-state index is 6.59. The zero-order valence-corrected chi connectivity index (χ0v) is 23.6. The summed E-state index contributed by atoms with van der Waals surface area (Å²) >= 11 is 0. The summed E-state index contributed by atoms with van der Waals surface area (Å²) < 4.78 is 0. The lowest BCUT2D eigenvalue weighted by atomic mass is 9.73. The van der Waals surface area contributed by atoms with Gasteiger partial charge >= 0.3 is 0 Å². The monoisotopic (exact) mass is 470 g/mol. The smallest absolute Gasteiger partial charge is 0.0384 e. The van der Waals surface area contributed by atoms with E-state index in [9.17, 15) is 0 Å². The Labute approximate surface area is 214 Å². The van der Waals surface area contributed by atoms with Gasteiger partial charge in [0.05, 0.1) is 0 Å². The molecule has 0 bridgehead atoms. The molecule has 0 aliphatic carbocycles. The molecule has 0 unspecified atom stereocenters. The highest BCUT2D eigenvalue weighted by molar-refractivity contribution is 5.60. The van der Waals surface area contributed by atoms with E-state index in [4.69, 9.17) is 11.5 Å². The maximum absolute atomic E-state index is 6.59. The highest BCUT2D eigenvalue weighted by Crippen LogP contribution is 2.40. The van der Waals surface area contributed by atoms with Crippen LogP contribution in [0.3, 0.4) is 0 Å². The van der Waals surface area contributed by atoms with Gasteiger partial charge in [-0.3, -0.25) is 0 Å². The lowest BCUT2D eigenvalue weighted by molar-refractivity contribution is 0.623. The van der Waals surface area contributed by atoms with Gasteiger partial charge in [0.15, 0.2) is 0 Å². The fourth-order valence-electron chi connectivity index (χ4n) is 5.18. The van der Waals surface area contributed by atoms with Gasteiger partial charge in [-0.15, -0.1) is 0 Å². The average molecular weight is 471 g/mol. The highest BCUT2D eigenvalue weighted by Gasteiger charge is 2.29. The number of rotatable bonds is 7. The molecule has 0 aliphatic heterocycles. The molecule has 0 fully saturated rings. The van der Waals surface area contributed by atoms with Crippen molar-refractivity contribution in [1.82, 2.24) is 0 Å². The van der Waals surface area contributed by atoms with Crippen LogP contribution in [0.1, 0.15) is 119 Å². The van der Waals surface area contributed by atoms with Gasteiger partial charge in [0.25, 0.3) is 0 Å². The van der Waals surface area contributed by atoms with E-state index < -0.39 is 0 Å². The second kappa shape index (κ2) is 9.72. The van der Waals surface area contributed by atoms with Crippen LogP contribution in [0, 0.1) is 6.92 Å². The molecular weight excluding hydrogens is 424 g/mol. The van der Waals surface area contributed by atoms with Gasteiger partial charge in [0.2, 0.25) is 0 Å². The third-order valence-electron chi connectivity index (χ3n) is 8.11. The van der Waals surface area contributed by atoms with Crippen molar-refractivity contribution in [3.8, 4) is 0 Å². The van der Waals surface area contributed by atoms with Crippen molar-refractivity contribution in [2.45, 2.75) is 98.3 Å². The van der Waals surface area contributed by atoms with Gasteiger partial charge in [-0.05, 0) is 69.7 Å². The van der Waals surface area contributed by atoms with Crippen LogP contribution >= 0.6 is 0 Å². The molecule has 0 aromatic heterocycles. The molecule has 0 atom stereocenters. The fourth-order valence-corrected chi connectivity index (χ4v) is 5.18. The van der Waals surface area contributed by atoms with Crippen molar-refractivity contribution in [3.63, 3.8) is 0 Å². The third kappa shape index (κ3) is 4.99. The number of hydrogen-bond donors (Lipinski definition) is 2. The Morgan fingerprint density at radius 2 is 1.03 bits per heavy atom. The lowest BCUT2D eigenvalue weighted by Gasteiger charge is -2.31. The Bertz CT molecular complexity index is 1170. The molecule has 0 spiro atoms. The van der Waals surface area contributed by atoms with Gasteiger partial charge in [-0.2, -0.15) is 0 Å². The predicted octanol–water partition coefficient (Wildman–Crippen LogP) is 8.62. The summed E-state index contributed by atoms with van der Waals surface area (Å²) in [6.07, 6.45) is 0.946. The van der Waals surface area contributed by atoms with Gasteiger partial charge in [0, 0.05) is 22.2 Å². The molecule has 4 N–H and O–H groups in total. The minimum atomic E-state index is -0.128. The van der Waals surface area contributed by atoms with Crippen molar-refractivity contribution in [1.29, 1.82) is 0 Å². The number of benzene rings is 3. The summed E-state index contributed by atoms with van der Waals surface area (Å²) in [5.74, 6) is 0.783. The van der Waals surface area contributed by atoms with E-state index in [-0.39, 0.29) is 10.8 Å². The molecule has 35 heavy (non-hydrogen) atoms. The van der Waals surface area contributed by atoms with E-state index in [1.54, 1.807) is 0 Å². The summed E-state index contributed by atoms with van der Waals surface area (Å²) in [5.41, 5.74) is 24.7. The second-order valence-electron chi connectivity index (χ2n) is 11.9. The maximum Gasteiger partial charge on any atom is 0.0384 e.